The first-order valence-electron chi connectivity index (χ1n) is 8.51. The van der Waals surface area contributed by atoms with Gasteiger partial charge in [-0.15, -0.1) is 24.0 Å². The molecule has 0 spiro atoms. The number of halogens is 1. The first kappa shape index (κ1) is 19.1. The smallest absolute Gasteiger partial charge is 0.231 e. The quantitative estimate of drug-likeness (QED) is 0.401. The van der Waals surface area contributed by atoms with Crippen LogP contribution in [-0.4, -0.2) is 32.4 Å². The Balaban J connectivity index is 0.00000208. The fourth-order valence-electron chi connectivity index (χ4n) is 2.59. The van der Waals surface area contributed by atoms with Crippen molar-refractivity contribution in [2.45, 2.75) is 39.0 Å². The van der Waals surface area contributed by atoms with Gasteiger partial charge in [0.25, 0.3) is 0 Å². The van der Waals surface area contributed by atoms with Crippen molar-refractivity contribution in [3.63, 3.8) is 0 Å². The van der Waals surface area contributed by atoms with Crippen LogP contribution < -0.4 is 20.1 Å². The van der Waals surface area contributed by atoms with Gasteiger partial charge in [-0.2, -0.15) is 0 Å². The van der Waals surface area contributed by atoms with Gasteiger partial charge in [-0.1, -0.05) is 19.9 Å². The molecule has 0 atom stereocenters. The summed E-state index contributed by atoms with van der Waals surface area (Å²) in [6.45, 7) is 9.44. The Morgan fingerprint density at radius 3 is 2.67 bits per heavy atom. The molecule has 0 amide bonds. The van der Waals surface area contributed by atoms with Gasteiger partial charge in [-0.3, -0.25) is 4.99 Å². The highest BCUT2D eigenvalue weighted by molar-refractivity contribution is 14.0. The molecule has 5 nitrogen and oxygen atoms in total. The number of fused-ring (bicyclic) bond motifs is 1. The molecule has 134 valence electrons. The van der Waals surface area contributed by atoms with Gasteiger partial charge in [0.1, 0.15) is 0 Å². The second-order valence-electron chi connectivity index (χ2n) is 6.97. The topological polar surface area (TPSA) is 54.9 Å². The Labute approximate surface area is 161 Å². The molecule has 0 aromatic heterocycles. The minimum absolute atomic E-state index is 0. The zero-order valence-electron chi connectivity index (χ0n) is 14.7. The van der Waals surface area contributed by atoms with E-state index in [9.17, 15) is 0 Å². The molecule has 0 saturated heterocycles. The molecule has 0 unspecified atom stereocenters. The van der Waals surface area contributed by atoms with Gasteiger partial charge >= 0.3 is 0 Å². The van der Waals surface area contributed by atoms with E-state index in [4.69, 9.17) is 14.5 Å². The van der Waals surface area contributed by atoms with Crippen molar-refractivity contribution < 1.29 is 9.47 Å². The van der Waals surface area contributed by atoms with Crippen LogP contribution in [0.15, 0.2) is 23.2 Å². The summed E-state index contributed by atoms with van der Waals surface area (Å²) in [7, 11) is 0. The monoisotopic (exact) mass is 445 g/mol. The molecule has 3 rings (SSSR count). The first-order valence-corrected chi connectivity index (χ1v) is 8.51. The summed E-state index contributed by atoms with van der Waals surface area (Å²) in [5, 5.41) is 6.77. The summed E-state index contributed by atoms with van der Waals surface area (Å²) >= 11 is 0. The molecule has 0 bridgehead atoms. The molecule has 1 aliphatic carbocycles. The summed E-state index contributed by atoms with van der Waals surface area (Å²) in [6, 6.07) is 6.16. The SMILES string of the molecule is CCNC(=NCC(C)(C)c1ccc2c(c1)OCO2)NCC1CC1.I. The van der Waals surface area contributed by atoms with E-state index in [1.165, 1.54) is 18.4 Å². The normalized spacial score (nSPS) is 16.5. The van der Waals surface area contributed by atoms with E-state index in [-0.39, 0.29) is 29.4 Å². The Morgan fingerprint density at radius 2 is 1.96 bits per heavy atom. The molecule has 0 radical (unpaired) electrons. The van der Waals surface area contributed by atoms with Gasteiger partial charge < -0.3 is 20.1 Å². The van der Waals surface area contributed by atoms with Crippen LogP contribution in [0.4, 0.5) is 0 Å². The zero-order chi connectivity index (χ0) is 16.3. The van der Waals surface area contributed by atoms with E-state index in [2.05, 4.69) is 43.5 Å². The summed E-state index contributed by atoms with van der Waals surface area (Å²) in [4.78, 5) is 4.78. The van der Waals surface area contributed by atoms with Gasteiger partial charge in [0.05, 0.1) is 6.54 Å². The van der Waals surface area contributed by atoms with E-state index < -0.39 is 0 Å². The largest absolute Gasteiger partial charge is 0.454 e. The molecule has 2 aliphatic rings. The van der Waals surface area contributed by atoms with Crippen molar-refractivity contribution in [3.8, 4) is 11.5 Å². The summed E-state index contributed by atoms with van der Waals surface area (Å²) in [6.07, 6.45) is 2.68. The highest BCUT2D eigenvalue weighted by atomic mass is 127. The molecule has 1 saturated carbocycles. The maximum Gasteiger partial charge on any atom is 0.231 e. The fourth-order valence-corrected chi connectivity index (χ4v) is 2.59. The average molecular weight is 445 g/mol. The third-order valence-electron chi connectivity index (χ3n) is 4.39. The molecule has 1 aromatic rings. The Hall–Kier alpha value is -1.18. The zero-order valence-corrected chi connectivity index (χ0v) is 17.1. The standard InChI is InChI=1S/C18H27N3O2.HI/c1-4-19-17(20-10-13-5-6-13)21-11-18(2,3)14-7-8-15-16(9-14)23-12-22-15;/h7-9,13H,4-6,10-12H2,1-3H3,(H2,19,20,21);1H. The molecule has 1 fully saturated rings. The van der Waals surface area contributed by atoms with Crippen molar-refractivity contribution in [2.75, 3.05) is 26.4 Å². The lowest BCUT2D eigenvalue weighted by Gasteiger charge is -2.24. The number of nitrogens with zero attached hydrogens (tertiary/aromatic N) is 1. The van der Waals surface area contributed by atoms with E-state index in [1.54, 1.807) is 0 Å². The molecule has 6 heteroatoms. The number of guanidine groups is 1. The molecule has 24 heavy (non-hydrogen) atoms. The average Bonchev–Trinajstić information content (AvgIpc) is 3.24. The Kier molecular flexibility index (Phi) is 6.60. The van der Waals surface area contributed by atoms with Crippen molar-refractivity contribution in [1.82, 2.24) is 10.6 Å². The van der Waals surface area contributed by atoms with E-state index in [0.717, 1.165) is 36.5 Å². The minimum atomic E-state index is -0.0666. The Bertz CT molecular complexity index is 586. The van der Waals surface area contributed by atoms with Crippen molar-refractivity contribution in [3.05, 3.63) is 23.8 Å². The van der Waals surface area contributed by atoms with Crippen LogP contribution in [0.5, 0.6) is 11.5 Å². The number of hydrogen-bond donors (Lipinski definition) is 2. The van der Waals surface area contributed by atoms with Gasteiger partial charge in [-0.05, 0) is 43.4 Å². The number of rotatable bonds is 6. The minimum Gasteiger partial charge on any atom is -0.454 e. The molecular weight excluding hydrogens is 417 g/mol. The summed E-state index contributed by atoms with van der Waals surface area (Å²) in [5.41, 5.74) is 1.15. The number of nitrogens with one attached hydrogen (secondary N) is 2. The van der Waals surface area contributed by atoms with Crippen molar-refractivity contribution in [2.24, 2.45) is 10.9 Å². The van der Waals surface area contributed by atoms with Crippen LogP contribution in [0.3, 0.4) is 0 Å². The second-order valence-corrected chi connectivity index (χ2v) is 6.97. The number of benzene rings is 1. The highest BCUT2D eigenvalue weighted by Crippen LogP contribution is 2.36. The maximum atomic E-state index is 5.49. The van der Waals surface area contributed by atoms with Crippen LogP contribution in [0.2, 0.25) is 0 Å². The van der Waals surface area contributed by atoms with E-state index in [1.807, 2.05) is 6.07 Å². The lowest BCUT2D eigenvalue weighted by molar-refractivity contribution is 0.174. The predicted octanol–water partition coefficient (Wildman–Crippen LogP) is 3.28. The lowest BCUT2D eigenvalue weighted by atomic mass is 9.84. The van der Waals surface area contributed by atoms with Crippen LogP contribution in [0.25, 0.3) is 0 Å². The molecule has 1 aromatic carbocycles. The van der Waals surface area contributed by atoms with Gasteiger partial charge in [-0.25, -0.2) is 0 Å². The number of hydrogen-bond acceptors (Lipinski definition) is 3. The Morgan fingerprint density at radius 1 is 1.21 bits per heavy atom. The first-order chi connectivity index (χ1) is 11.1. The maximum absolute atomic E-state index is 5.49. The van der Waals surface area contributed by atoms with Gasteiger partial charge in [0.15, 0.2) is 17.5 Å². The van der Waals surface area contributed by atoms with Crippen LogP contribution >= 0.6 is 24.0 Å². The van der Waals surface area contributed by atoms with Crippen LogP contribution in [-0.2, 0) is 5.41 Å². The molecular formula is C18H28IN3O2. The van der Waals surface area contributed by atoms with Crippen molar-refractivity contribution in [1.29, 1.82) is 0 Å². The number of ether oxygens (including phenoxy) is 2. The molecule has 1 aliphatic heterocycles. The molecule has 2 N–H and O–H groups in total. The third kappa shape index (κ3) is 4.91. The van der Waals surface area contributed by atoms with Gasteiger partial charge in [0, 0.05) is 18.5 Å². The highest BCUT2D eigenvalue weighted by Gasteiger charge is 2.25. The van der Waals surface area contributed by atoms with Gasteiger partial charge in [0.2, 0.25) is 6.79 Å². The van der Waals surface area contributed by atoms with E-state index in [0.29, 0.717) is 13.3 Å². The third-order valence-corrected chi connectivity index (χ3v) is 4.39. The van der Waals surface area contributed by atoms with Crippen LogP contribution in [0.1, 0.15) is 39.2 Å². The summed E-state index contributed by atoms with van der Waals surface area (Å²) < 4.78 is 10.9. The second kappa shape index (κ2) is 8.27. The number of aliphatic imine (C=N–C) groups is 1. The fraction of sp³-hybridized carbons (Fsp3) is 0.611. The lowest BCUT2D eigenvalue weighted by Crippen LogP contribution is -2.39. The summed E-state index contributed by atoms with van der Waals surface area (Å²) in [5.74, 6) is 3.40. The van der Waals surface area contributed by atoms with Crippen molar-refractivity contribution >= 4 is 29.9 Å². The molecule has 1 heterocycles. The van der Waals surface area contributed by atoms with Crippen LogP contribution in [0, 0.1) is 5.92 Å². The predicted molar refractivity (Wildman–Crippen MR) is 108 cm³/mol. The van der Waals surface area contributed by atoms with E-state index >= 15 is 0 Å².